The molecule has 0 aliphatic heterocycles. The lowest BCUT2D eigenvalue weighted by atomic mass is 9.85. The van der Waals surface area contributed by atoms with Crippen LogP contribution in [-0.2, 0) is 18.1 Å². The molecule has 1 aromatic carbocycles. The van der Waals surface area contributed by atoms with Gasteiger partial charge in [0, 0.05) is 30.8 Å². The van der Waals surface area contributed by atoms with E-state index >= 15 is 0 Å². The Morgan fingerprint density at radius 1 is 1.25 bits per heavy atom. The smallest absolute Gasteiger partial charge is 0.191 e. The third kappa shape index (κ3) is 6.73. The Hall–Kier alpha value is -1.68. The van der Waals surface area contributed by atoms with Crippen molar-refractivity contribution < 1.29 is 9.50 Å². The Kier molecular flexibility index (Phi) is 8.87. The van der Waals surface area contributed by atoms with E-state index in [4.69, 9.17) is 0 Å². The SMILES string of the molecule is CCNC(=NCC(C)(C)c1cccc(F)c1)NCC(C)(O)c1cnn(C)c1.I. The van der Waals surface area contributed by atoms with Crippen molar-refractivity contribution in [2.24, 2.45) is 12.0 Å². The van der Waals surface area contributed by atoms with Crippen molar-refractivity contribution in [1.29, 1.82) is 0 Å². The predicted molar refractivity (Wildman–Crippen MR) is 122 cm³/mol. The zero-order valence-electron chi connectivity index (χ0n) is 17.2. The van der Waals surface area contributed by atoms with Gasteiger partial charge in [0.05, 0.1) is 19.3 Å². The Morgan fingerprint density at radius 2 is 1.96 bits per heavy atom. The largest absolute Gasteiger partial charge is 0.383 e. The molecule has 1 aromatic heterocycles. The molecule has 28 heavy (non-hydrogen) atoms. The minimum atomic E-state index is -1.08. The van der Waals surface area contributed by atoms with Crippen molar-refractivity contribution >= 4 is 29.9 Å². The molecule has 0 amide bonds. The Bertz CT molecular complexity index is 788. The molecule has 1 unspecified atom stereocenters. The average Bonchev–Trinajstić information content (AvgIpc) is 3.05. The molecular formula is C20H31FIN5O. The van der Waals surface area contributed by atoms with E-state index in [2.05, 4.69) is 20.7 Å². The predicted octanol–water partition coefficient (Wildman–Crippen LogP) is 2.92. The topological polar surface area (TPSA) is 74.5 Å². The molecule has 6 nitrogen and oxygen atoms in total. The van der Waals surface area contributed by atoms with Crippen LogP contribution >= 0.6 is 24.0 Å². The van der Waals surface area contributed by atoms with Crippen LogP contribution in [0.2, 0.25) is 0 Å². The van der Waals surface area contributed by atoms with Crippen LogP contribution in [0.3, 0.4) is 0 Å². The summed E-state index contributed by atoms with van der Waals surface area (Å²) in [5, 5.41) is 21.2. The highest BCUT2D eigenvalue weighted by Crippen LogP contribution is 2.24. The third-order valence-corrected chi connectivity index (χ3v) is 4.51. The second kappa shape index (κ2) is 10.2. The van der Waals surface area contributed by atoms with E-state index in [0.29, 0.717) is 19.0 Å². The van der Waals surface area contributed by atoms with Gasteiger partial charge in [-0.3, -0.25) is 9.67 Å². The maximum absolute atomic E-state index is 13.5. The molecule has 3 N–H and O–H groups in total. The molecule has 1 atom stereocenters. The lowest BCUT2D eigenvalue weighted by molar-refractivity contribution is 0.0616. The first-order valence-corrected chi connectivity index (χ1v) is 9.14. The lowest BCUT2D eigenvalue weighted by Crippen LogP contribution is -2.45. The van der Waals surface area contributed by atoms with Crippen LogP contribution in [0.15, 0.2) is 41.7 Å². The van der Waals surface area contributed by atoms with E-state index in [1.807, 2.05) is 33.9 Å². The van der Waals surface area contributed by atoms with Gasteiger partial charge in [-0.2, -0.15) is 5.10 Å². The Morgan fingerprint density at radius 3 is 2.54 bits per heavy atom. The molecule has 2 rings (SSSR count). The normalized spacial score (nSPS) is 14.2. The van der Waals surface area contributed by atoms with Crippen LogP contribution in [0.1, 0.15) is 38.8 Å². The summed E-state index contributed by atoms with van der Waals surface area (Å²) in [6.07, 6.45) is 3.44. The molecule has 0 spiro atoms. The van der Waals surface area contributed by atoms with Gasteiger partial charge < -0.3 is 15.7 Å². The minimum absolute atomic E-state index is 0. The van der Waals surface area contributed by atoms with E-state index < -0.39 is 5.60 Å². The van der Waals surface area contributed by atoms with Crippen molar-refractivity contribution in [3.63, 3.8) is 0 Å². The van der Waals surface area contributed by atoms with Crippen LogP contribution in [0.25, 0.3) is 0 Å². The fourth-order valence-corrected chi connectivity index (χ4v) is 2.68. The quantitative estimate of drug-likeness (QED) is 0.309. The monoisotopic (exact) mass is 503 g/mol. The molecule has 156 valence electrons. The number of hydrogen-bond donors (Lipinski definition) is 3. The number of aliphatic hydroxyl groups is 1. The number of guanidine groups is 1. The summed E-state index contributed by atoms with van der Waals surface area (Å²) in [6.45, 7) is 9.22. The average molecular weight is 503 g/mol. The highest BCUT2D eigenvalue weighted by molar-refractivity contribution is 14.0. The van der Waals surface area contributed by atoms with Crippen LogP contribution in [0.4, 0.5) is 4.39 Å². The van der Waals surface area contributed by atoms with Gasteiger partial charge in [0.2, 0.25) is 0 Å². The van der Waals surface area contributed by atoms with E-state index in [9.17, 15) is 9.50 Å². The standard InChI is InChI=1S/C20H30FN5O.HI/c1-6-22-18(24-14-20(4,27)16-11-25-26(5)12-16)23-13-19(2,3)15-8-7-9-17(21)10-15;/h7-12,27H,6,13-14H2,1-5H3,(H2,22,23,24);1H. The number of rotatable bonds is 7. The second-order valence-electron chi connectivity index (χ2n) is 7.62. The summed E-state index contributed by atoms with van der Waals surface area (Å²) in [4.78, 5) is 4.63. The van der Waals surface area contributed by atoms with Gasteiger partial charge in [0.15, 0.2) is 5.96 Å². The number of halogens is 2. The van der Waals surface area contributed by atoms with Crippen LogP contribution < -0.4 is 10.6 Å². The number of aliphatic imine (C=N–C) groups is 1. The number of hydrogen-bond acceptors (Lipinski definition) is 3. The first-order chi connectivity index (χ1) is 12.6. The molecule has 8 heteroatoms. The third-order valence-electron chi connectivity index (χ3n) is 4.51. The van der Waals surface area contributed by atoms with Gasteiger partial charge >= 0.3 is 0 Å². The molecule has 2 aromatic rings. The highest BCUT2D eigenvalue weighted by atomic mass is 127. The number of aryl methyl sites for hydroxylation is 1. The maximum Gasteiger partial charge on any atom is 0.191 e. The molecule has 0 aliphatic rings. The second-order valence-corrected chi connectivity index (χ2v) is 7.62. The van der Waals surface area contributed by atoms with Crippen LogP contribution in [-0.4, -0.2) is 40.5 Å². The minimum Gasteiger partial charge on any atom is -0.383 e. The highest BCUT2D eigenvalue weighted by Gasteiger charge is 2.25. The van der Waals surface area contributed by atoms with Gasteiger partial charge in [0.1, 0.15) is 11.4 Å². The zero-order chi connectivity index (χ0) is 20.1. The summed E-state index contributed by atoms with van der Waals surface area (Å²) in [6, 6.07) is 6.61. The first kappa shape index (κ1) is 24.4. The van der Waals surface area contributed by atoms with E-state index in [1.54, 1.807) is 36.1 Å². The van der Waals surface area contributed by atoms with Gasteiger partial charge in [-0.05, 0) is 31.5 Å². The summed E-state index contributed by atoms with van der Waals surface area (Å²) >= 11 is 0. The van der Waals surface area contributed by atoms with Crippen molar-refractivity contribution in [2.45, 2.75) is 38.7 Å². The number of benzene rings is 1. The Balaban J connectivity index is 0.00000392. The molecular weight excluding hydrogens is 472 g/mol. The molecule has 0 saturated heterocycles. The molecule has 0 bridgehead atoms. The van der Waals surface area contributed by atoms with Crippen molar-refractivity contribution in [2.75, 3.05) is 19.6 Å². The number of nitrogens with one attached hydrogen (secondary N) is 2. The molecule has 0 aliphatic carbocycles. The van der Waals surface area contributed by atoms with E-state index in [1.165, 1.54) is 6.07 Å². The molecule has 0 radical (unpaired) electrons. The summed E-state index contributed by atoms with van der Waals surface area (Å²) < 4.78 is 15.2. The van der Waals surface area contributed by atoms with Gasteiger partial charge in [0.25, 0.3) is 0 Å². The number of nitrogens with zero attached hydrogens (tertiary/aromatic N) is 3. The fraction of sp³-hybridized carbons (Fsp3) is 0.500. The molecule has 0 saturated carbocycles. The fourth-order valence-electron chi connectivity index (χ4n) is 2.68. The zero-order valence-corrected chi connectivity index (χ0v) is 19.5. The Labute approximate surface area is 183 Å². The van der Waals surface area contributed by atoms with Gasteiger partial charge in [-0.25, -0.2) is 4.39 Å². The maximum atomic E-state index is 13.5. The van der Waals surface area contributed by atoms with Gasteiger partial charge in [-0.1, -0.05) is 26.0 Å². The summed E-state index contributed by atoms with van der Waals surface area (Å²) in [7, 11) is 1.81. The van der Waals surface area contributed by atoms with Crippen molar-refractivity contribution in [1.82, 2.24) is 20.4 Å². The van der Waals surface area contributed by atoms with Crippen molar-refractivity contribution in [3.8, 4) is 0 Å². The van der Waals surface area contributed by atoms with Gasteiger partial charge in [-0.15, -0.1) is 24.0 Å². The molecule has 1 heterocycles. The van der Waals surface area contributed by atoms with E-state index in [-0.39, 0.29) is 41.8 Å². The molecule has 0 fully saturated rings. The summed E-state index contributed by atoms with van der Waals surface area (Å²) in [5.41, 5.74) is 0.219. The van der Waals surface area contributed by atoms with Crippen LogP contribution in [0, 0.1) is 5.82 Å². The lowest BCUT2D eigenvalue weighted by Gasteiger charge is -2.26. The van der Waals surface area contributed by atoms with E-state index in [0.717, 1.165) is 11.1 Å². The van der Waals surface area contributed by atoms with Crippen LogP contribution in [0.5, 0.6) is 0 Å². The summed E-state index contributed by atoms with van der Waals surface area (Å²) in [5.74, 6) is 0.355. The van der Waals surface area contributed by atoms with Crippen molar-refractivity contribution in [3.05, 3.63) is 53.6 Å². The number of aromatic nitrogens is 2. The first-order valence-electron chi connectivity index (χ1n) is 9.14.